The normalized spacial score (nSPS) is 10.4. The first-order valence-electron chi connectivity index (χ1n) is 6.37. The van der Waals surface area contributed by atoms with Gasteiger partial charge in [-0.25, -0.2) is 4.98 Å². The minimum absolute atomic E-state index is 0.0163. The average Bonchev–Trinajstić information content (AvgIpc) is 2.54. The number of aromatic amines is 1. The Kier molecular flexibility index (Phi) is 5.57. The van der Waals surface area contributed by atoms with Crippen LogP contribution in [-0.2, 0) is 0 Å². The standard InChI is InChI=1S/C14H11BrClN3O3S/c1-3-22-8-4-6(9(15)10(16)12(8)20)11-7(5-17)13(21)19-14(18-11)23-2/h4,20H,3H2,1-2H3,(H,18,19,21). The quantitative estimate of drug-likeness (QED) is 0.584. The van der Waals surface area contributed by atoms with Gasteiger partial charge in [0.1, 0.15) is 16.7 Å². The maximum atomic E-state index is 12.0. The van der Waals surface area contributed by atoms with Gasteiger partial charge in [0.05, 0.1) is 12.3 Å². The van der Waals surface area contributed by atoms with E-state index in [4.69, 9.17) is 16.3 Å². The van der Waals surface area contributed by atoms with Crippen LogP contribution in [0.15, 0.2) is 20.5 Å². The summed E-state index contributed by atoms with van der Waals surface area (Å²) in [7, 11) is 0. The molecule has 0 aliphatic heterocycles. The molecule has 23 heavy (non-hydrogen) atoms. The number of aromatic nitrogens is 2. The van der Waals surface area contributed by atoms with Gasteiger partial charge in [-0.1, -0.05) is 23.4 Å². The summed E-state index contributed by atoms with van der Waals surface area (Å²) in [6.07, 6.45) is 1.75. The van der Waals surface area contributed by atoms with Crippen LogP contribution in [0.4, 0.5) is 0 Å². The molecule has 9 heteroatoms. The van der Waals surface area contributed by atoms with Gasteiger partial charge in [-0.2, -0.15) is 5.26 Å². The van der Waals surface area contributed by atoms with Gasteiger partial charge in [-0.05, 0) is 35.2 Å². The summed E-state index contributed by atoms with van der Waals surface area (Å²) in [5.74, 6) is -0.0787. The van der Waals surface area contributed by atoms with Crippen molar-refractivity contribution >= 4 is 39.3 Å². The number of hydrogen-bond donors (Lipinski definition) is 2. The molecular formula is C14H11BrClN3O3S. The van der Waals surface area contributed by atoms with Gasteiger partial charge in [0.2, 0.25) is 0 Å². The summed E-state index contributed by atoms with van der Waals surface area (Å²) in [6.45, 7) is 2.07. The van der Waals surface area contributed by atoms with Crippen LogP contribution in [0.2, 0.25) is 5.02 Å². The third-order valence-electron chi connectivity index (χ3n) is 2.90. The fourth-order valence-electron chi connectivity index (χ4n) is 1.88. The van der Waals surface area contributed by atoms with Gasteiger partial charge in [-0.3, -0.25) is 4.79 Å². The number of aromatic hydroxyl groups is 1. The molecule has 0 spiro atoms. The number of phenols is 1. The number of benzene rings is 1. The predicted octanol–water partition coefficient (Wildman–Crippen LogP) is 3.55. The van der Waals surface area contributed by atoms with Crippen LogP contribution < -0.4 is 10.3 Å². The molecular weight excluding hydrogens is 406 g/mol. The number of nitriles is 1. The third-order valence-corrected chi connectivity index (χ3v) is 4.90. The smallest absolute Gasteiger partial charge is 0.270 e. The zero-order chi connectivity index (χ0) is 17.1. The van der Waals surface area contributed by atoms with E-state index >= 15 is 0 Å². The van der Waals surface area contributed by atoms with Crippen LogP contribution in [0.25, 0.3) is 11.3 Å². The van der Waals surface area contributed by atoms with Crippen LogP contribution in [0, 0.1) is 11.3 Å². The number of hydrogen-bond acceptors (Lipinski definition) is 6. The van der Waals surface area contributed by atoms with E-state index in [9.17, 15) is 15.2 Å². The number of nitrogens with zero attached hydrogens (tertiary/aromatic N) is 2. The lowest BCUT2D eigenvalue weighted by molar-refractivity contribution is 0.318. The van der Waals surface area contributed by atoms with Crippen molar-refractivity contribution in [2.24, 2.45) is 0 Å². The molecule has 0 aliphatic rings. The minimum Gasteiger partial charge on any atom is -0.503 e. The van der Waals surface area contributed by atoms with E-state index in [0.717, 1.165) is 0 Å². The van der Waals surface area contributed by atoms with Crippen LogP contribution in [0.5, 0.6) is 11.5 Å². The molecule has 0 amide bonds. The number of halogens is 2. The first-order chi connectivity index (χ1) is 10.9. The first-order valence-corrected chi connectivity index (χ1v) is 8.76. The topological polar surface area (TPSA) is 99.0 Å². The van der Waals surface area contributed by atoms with E-state index in [-0.39, 0.29) is 27.8 Å². The average molecular weight is 417 g/mol. The molecule has 0 atom stereocenters. The highest BCUT2D eigenvalue weighted by molar-refractivity contribution is 9.10. The maximum Gasteiger partial charge on any atom is 0.270 e. The van der Waals surface area contributed by atoms with E-state index in [2.05, 4.69) is 25.9 Å². The highest BCUT2D eigenvalue weighted by Gasteiger charge is 2.21. The van der Waals surface area contributed by atoms with Crippen molar-refractivity contribution in [3.05, 3.63) is 31.5 Å². The molecule has 1 aromatic carbocycles. The summed E-state index contributed by atoms with van der Waals surface area (Å²) in [5, 5.41) is 19.7. The highest BCUT2D eigenvalue weighted by Crippen LogP contribution is 2.45. The molecule has 1 heterocycles. The Morgan fingerprint density at radius 3 is 2.87 bits per heavy atom. The molecule has 2 rings (SSSR count). The van der Waals surface area contributed by atoms with Crippen LogP contribution in [-0.4, -0.2) is 27.9 Å². The Morgan fingerprint density at radius 1 is 1.61 bits per heavy atom. The maximum absolute atomic E-state index is 12.0. The van der Waals surface area contributed by atoms with Gasteiger partial charge in [0, 0.05) is 10.0 Å². The Morgan fingerprint density at radius 2 is 2.30 bits per heavy atom. The fraction of sp³-hybridized carbons (Fsp3) is 0.214. The number of rotatable bonds is 4. The molecule has 0 aliphatic carbocycles. The largest absolute Gasteiger partial charge is 0.503 e. The lowest BCUT2D eigenvalue weighted by Gasteiger charge is -2.13. The Hall–Kier alpha value is -1.69. The SMILES string of the molecule is CCOc1cc(-c2nc(SC)[nH]c(=O)c2C#N)c(Br)c(Cl)c1O. The molecule has 0 saturated carbocycles. The van der Waals surface area contributed by atoms with Crippen molar-refractivity contribution in [1.29, 1.82) is 5.26 Å². The Balaban J connectivity index is 2.84. The third kappa shape index (κ3) is 3.32. The van der Waals surface area contributed by atoms with E-state index in [1.54, 1.807) is 13.2 Å². The second-order valence-electron chi connectivity index (χ2n) is 4.24. The summed E-state index contributed by atoms with van der Waals surface area (Å²) in [4.78, 5) is 18.8. The molecule has 1 aromatic heterocycles. The number of thioether (sulfide) groups is 1. The first kappa shape index (κ1) is 17.7. The van der Waals surface area contributed by atoms with E-state index in [0.29, 0.717) is 21.8 Å². The summed E-state index contributed by atoms with van der Waals surface area (Å²) in [5.41, 5.74) is -0.145. The molecule has 2 aromatic rings. The molecule has 0 unspecified atom stereocenters. The monoisotopic (exact) mass is 415 g/mol. The molecule has 2 N–H and O–H groups in total. The van der Waals surface area contributed by atoms with Gasteiger partial charge in [-0.15, -0.1) is 0 Å². The Bertz CT molecular complexity index is 864. The second kappa shape index (κ2) is 7.25. The zero-order valence-corrected chi connectivity index (χ0v) is 15.3. The number of nitrogens with one attached hydrogen (secondary N) is 1. The fourth-order valence-corrected chi connectivity index (χ4v) is 2.94. The number of ether oxygens (including phenoxy) is 1. The van der Waals surface area contributed by atoms with E-state index in [1.165, 1.54) is 17.8 Å². The van der Waals surface area contributed by atoms with E-state index in [1.807, 2.05) is 6.07 Å². The van der Waals surface area contributed by atoms with Crippen LogP contribution in [0.1, 0.15) is 12.5 Å². The van der Waals surface area contributed by atoms with Crippen molar-refractivity contribution in [2.45, 2.75) is 12.1 Å². The number of phenolic OH excluding ortho intramolecular Hbond substituents is 1. The lowest BCUT2D eigenvalue weighted by Crippen LogP contribution is -2.14. The molecule has 0 saturated heterocycles. The van der Waals surface area contributed by atoms with Crippen molar-refractivity contribution in [1.82, 2.24) is 9.97 Å². The molecule has 0 fully saturated rings. The van der Waals surface area contributed by atoms with Crippen molar-refractivity contribution in [3.8, 4) is 28.8 Å². The summed E-state index contributed by atoms with van der Waals surface area (Å²) >= 11 is 10.6. The molecule has 0 radical (unpaired) electrons. The molecule has 6 nitrogen and oxygen atoms in total. The van der Waals surface area contributed by atoms with Gasteiger partial charge >= 0.3 is 0 Å². The minimum atomic E-state index is -0.545. The van der Waals surface area contributed by atoms with Gasteiger partial charge in [0.15, 0.2) is 16.7 Å². The highest BCUT2D eigenvalue weighted by atomic mass is 79.9. The number of H-pyrrole nitrogens is 1. The Labute approximate surface area is 149 Å². The van der Waals surface area contributed by atoms with Crippen LogP contribution in [0.3, 0.4) is 0 Å². The van der Waals surface area contributed by atoms with Crippen molar-refractivity contribution < 1.29 is 9.84 Å². The van der Waals surface area contributed by atoms with E-state index < -0.39 is 5.56 Å². The van der Waals surface area contributed by atoms with Gasteiger partial charge in [0.25, 0.3) is 5.56 Å². The van der Waals surface area contributed by atoms with Crippen molar-refractivity contribution in [3.63, 3.8) is 0 Å². The molecule has 120 valence electrons. The van der Waals surface area contributed by atoms with Crippen LogP contribution >= 0.6 is 39.3 Å². The lowest BCUT2D eigenvalue weighted by atomic mass is 10.1. The summed E-state index contributed by atoms with van der Waals surface area (Å²) < 4.78 is 5.66. The summed E-state index contributed by atoms with van der Waals surface area (Å²) in [6, 6.07) is 3.33. The van der Waals surface area contributed by atoms with Gasteiger partial charge < -0.3 is 14.8 Å². The van der Waals surface area contributed by atoms with Crippen molar-refractivity contribution in [2.75, 3.05) is 12.9 Å². The molecule has 0 bridgehead atoms. The second-order valence-corrected chi connectivity index (χ2v) is 6.21. The predicted molar refractivity (Wildman–Crippen MR) is 92.3 cm³/mol. The zero-order valence-electron chi connectivity index (χ0n) is 12.1.